The Morgan fingerprint density at radius 2 is 2.00 bits per heavy atom. The van der Waals surface area contributed by atoms with Crippen molar-refractivity contribution in [1.82, 2.24) is 14.3 Å². The van der Waals surface area contributed by atoms with Crippen molar-refractivity contribution in [2.45, 2.75) is 25.8 Å². The number of piperidine rings is 2. The summed E-state index contributed by atoms with van der Waals surface area (Å²) in [6.07, 6.45) is 2.13. The Labute approximate surface area is 103 Å². The summed E-state index contributed by atoms with van der Waals surface area (Å²) < 4.78 is 28.9. The van der Waals surface area contributed by atoms with E-state index in [9.17, 15) is 8.42 Å². The van der Waals surface area contributed by atoms with Crippen molar-refractivity contribution in [2.24, 2.45) is 17.8 Å². The molecule has 1 aliphatic carbocycles. The van der Waals surface area contributed by atoms with Crippen LogP contribution in [0.4, 0.5) is 0 Å². The topological polar surface area (TPSA) is 61.4 Å². The minimum absolute atomic E-state index is 0.193. The first-order valence-corrected chi connectivity index (χ1v) is 8.00. The van der Waals surface area contributed by atoms with Crippen LogP contribution in [0.15, 0.2) is 0 Å². The third-order valence-corrected chi connectivity index (χ3v) is 5.92. The maximum Gasteiger partial charge on any atom is 0.279 e. The van der Waals surface area contributed by atoms with E-state index in [2.05, 4.69) is 17.0 Å². The van der Waals surface area contributed by atoms with Crippen LogP contribution >= 0.6 is 0 Å². The fourth-order valence-electron chi connectivity index (χ4n) is 3.20. The van der Waals surface area contributed by atoms with Gasteiger partial charge in [-0.3, -0.25) is 0 Å². The predicted octanol–water partition coefficient (Wildman–Crippen LogP) is -0.229. The molecule has 0 amide bonds. The summed E-state index contributed by atoms with van der Waals surface area (Å²) in [5.41, 5.74) is 0. The summed E-state index contributed by atoms with van der Waals surface area (Å²) >= 11 is 0. The van der Waals surface area contributed by atoms with Gasteiger partial charge in [0, 0.05) is 19.1 Å². The number of rotatable bonds is 3. The average Bonchev–Trinajstić information content (AvgIpc) is 2.75. The molecule has 0 bridgehead atoms. The number of nitrogens with one attached hydrogen (secondary N) is 2. The maximum absolute atomic E-state index is 12.2. The SMILES string of the molecule is CC1CCCN(S(=O)(=O)NC2C3CNCC32)C1. The molecule has 0 aromatic carbocycles. The highest BCUT2D eigenvalue weighted by Gasteiger charge is 2.54. The molecule has 0 spiro atoms. The van der Waals surface area contributed by atoms with Gasteiger partial charge in [-0.05, 0) is 43.7 Å². The lowest BCUT2D eigenvalue weighted by molar-refractivity contribution is 0.277. The van der Waals surface area contributed by atoms with Crippen LogP contribution in [0, 0.1) is 17.8 Å². The van der Waals surface area contributed by atoms with E-state index in [0.29, 0.717) is 30.8 Å². The van der Waals surface area contributed by atoms with Crippen LogP contribution in [-0.4, -0.2) is 44.9 Å². The number of nitrogens with zero attached hydrogens (tertiary/aromatic N) is 1. The van der Waals surface area contributed by atoms with Gasteiger partial charge in [0.15, 0.2) is 0 Å². The van der Waals surface area contributed by atoms with E-state index in [1.165, 1.54) is 0 Å². The lowest BCUT2D eigenvalue weighted by Gasteiger charge is -2.30. The molecule has 1 saturated carbocycles. The van der Waals surface area contributed by atoms with Crippen LogP contribution in [-0.2, 0) is 10.2 Å². The first kappa shape index (κ1) is 11.9. The lowest BCUT2D eigenvalue weighted by atomic mass is 10.0. The van der Waals surface area contributed by atoms with Gasteiger partial charge in [-0.15, -0.1) is 0 Å². The molecular weight excluding hydrogens is 238 g/mol. The van der Waals surface area contributed by atoms with Gasteiger partial charge in [-0.1, -0.05) is 6.92 Å². The van der Waals surface area contributed by atoms with Crippen molar-refractivity contribution in [3.8, 4) is 0 Å². The molecule has 2 heterocycles. The van der Waals surface area contributed by atoms with Gasteiger partial charge in [0.1, 0.15) is 0 Å². The van der Waals surface area contributed by atoms with Gasteiger partial charge < -0.3 is 5.32 Å². The maximum atomic E-state index is 12.2. The molecule has 2 aliphatic heterocycles. The molecule has 6 heteroatoms. The van der Waals surface area contributed by atoms with Crippen LogP contribution in [0.2, 0.25) is 0 Å². The number of hydrogen-bond acceptors (Lipinski definition) is 3. The Kier molecular flexibility index (Phi) is 2.93. The molecule has 0 aromatic rings. The Bertz CT molecular complexity index is 388. The molecule has 3 fully saturated rings. The van der Waals surface area contributed by atoms with E-state index >= 15 is 0 Å². The summed E-state index contributed by atoms with van der Waals surface area (Å²) in [4.78, 5) is 0. The van der Waals surface area contributed by atoms with Crippen LogP contribution < -0.4 is 10.0 Å². The highest BCUT2D eigenvalue weighted by molar-refractivity contribution is 7.87. The fraction of sp³-hybridized carbons (Fsp3) is 1.00. The van der Waals surface area contributed by atoms with Crippen molar-refractivity contribution in [2.75, 3.05) is 26.2 Å². The Hall–Kier alpha value is -0.170. The monoisotopic (exact) mass is 259 g/mol. The van der Waals surface area contributed by atoms with Crippen LogP contribution in [0.5, 0.6) is 0 Å². The van der Waals surface area contributed by atoms with Crippen LogP contribution in [0.25, 0.3) is 0 Å². The fourth-order valence-corrected chi connectivity index (χ4v) is 4.87. The first-order valence-electron chi connectivity index (χ1n) is 6.56. The molecule has 3 aliphatic rings. The Balaban J connectivity index is 1.61. The van der Waals surface area contributed by atoms with Crippen molar-refractivity contribution in [3.63, 3.8) is 0 Å². The van der Waals surface area contributed by atoms with Gasteiger partial charge in [0.2, 0.25) is 0 Å². The second-order valence-electron chi connectivity index (χ2n) is 5.74. The summed E-state index contributed by atoms with van der Waals surface area (Å²) in [6.45, 7) is 5.41. The summed E-state index contributed by atoms with van der Waals surface area (Å²) in [5.74, 6) is 1.56. The number of hydrogen-bond donors (Lipinski definition) is 2. The minimum Gasteiger partial charge on any atom is -0.316 e. The van der Waals surface area contributed by atoms with E-state index in [0.717, 1.165) is 25.9 Å². The van der Waals surface area contributed by atoms with Gasteiger partial charge >= 0.3 is 0 Å². The smallest absolute Gasteiger partial charge is 0.279 e. The van der Waals surface area contributed by atoms with Crippen molar-refractivity contribution in [3.05, 3.63) is 0 Å². The standard InChI is InChI=1S/C11H21N3O2S/c1-8-3-2-4-14(7-8)17(15,16)13-11-9-5-12-6-10(9)11/h8-13H,2-7H2,1H3. The van der Waals surface area contributed by atoms with E-state index in [1.807, 2.05) is 0 Å². The second-order valence-corrected chi connectivity index (χ2v) is 7.44. The zero-order valence-corrected chi connectivity index (χ0v) is 11.0. The summed E-state index contributed by atoms with van der Waals surface area (Å²) in [5, 5.41) is 3.28. The van der Waals surface area contributed by atoms with E-state index in [1.54, 1.807) is 4.31 Å². The lowest BCUT2D eigenvalue weighted by Crippen LogP contribution is -2.47. The van der Waals surface area contributed by atoms with Gasteiger partial charge in [-0.2, -0.15) is 17.4 Å². The largest absolute Gasteiger partial charge is 0.316 e. The molecule has 2 N–H and O–H groups in total. The van der Waals surface area contributed by atoms with Crippen molar-refractivity contribution < 1.29 is 8.42 Å². The highest BCUT2D eigenvalue weighted by Crippen LogP contribution is 2.42. The van der Waals surface area contributed by atoms with E-state index in [-0.39, 0.29) is 6.04 Å². The van der Waals surface area contributed by atoms with E-state index < -0.39 is 10.2 Å². The molecular formula is C11H21N3O2S. The van der Waals surface area contributed by atoms with Gasteiger partial charge in [0.05, 0.1) is 0 Å². The summed E-state index contributed by atoms with van der Waals surface area (Å²) in [6, 6.07) is 0.193. The Morgan fingerprint density at radius 3 is 2.65 bits per heavy atom. The highest BCUT2D eigenvalue weighted by atomic mass is 32.2. The van der Waals surface area contributed by atoms with Gasteiger partial charge in [-0.25, -0.2) is 0 Å². The average molecular weight is 259 g/mol. The Morgan fingerprint density at radius 1 is 1.29 bits per heavy atom. The normalized spacial score (nSPS) is 42.4. The van der Waals surface area contributed by atoms with Crippen molar-refractivity contribution >= 4 is 10.2 Å². The third kappa shape index (κ3) is 2.23. The molecule has 3 atom stereocenters. The zero-order chi connectivity index (χ0) is 12.0. The van der Waals surface area contributed by atoms with E-state index in [4.69, 9.17) is 0 Å². The molecule has 0 aromatic heterocycles. The molecule has 0 radical (unpaired) electrons. The molecule has 2 saturated heterocycles. The molecule has 17 heavy (non-hydrogen) atoms. The number of fused-ring (bicyclic) bond motifs is 1. The molecule has 98 valence electrons. The quantitative estimate of drug-likeness (QED) is 0.736. The van der Waals surface area contributed by atoms with Crippen LogP contribution in [0.1, 0.15) is 19.8 Å². The molecule has 5 nitrogen and oxygen atoms in total. The predicted molar refractivity (Wildman–Crippen MR) is 65.7 cm³/mol. The molecule has 3 rings (SSSR count). The minimum atomic E-state index is -3.24. The van der Waals surface area contributed by atoms with Crippen LogP contribution in [0.3, 0.4) is 0 Å². The third-order valence-electron chi connectivity index (χ3n) is 4.34. The zero-order valence-electron chi connectivity index (χ0n) is 10.2. The first-order chi connectivity index (χ1) is 8.08. The molecule has 3 unspecified atom stereocenters. The second kappa shape index (κ2) is 4.19. The summed E-state index contributed by atoms with van der Waals surface area (Å²) in [7, 11) is -3.24. The van der Waals surface area contributed by atoms with Crippen molar-refractivity contribution in [1.29, 1.82) is 0 Å². The van der Waals surface area contributed by atoms with Gasteiger partial charge in [0.25, 0.3) is 10.2 Å².